The highest BCUT2D eigenvalue weighted by atomic mass is 14.2. The molecule has 0 saturated carbocycles. The lowest BCUT2D eigenvalue weighted by molar-refractivity contribution is 1.15. The van der Waals surface area contributed by atoms with Gasteiger partial charge in [-0.2, -0.15) is 0 Å². The second-order valence-electron chi connectivity index (χ2n) is 4.22. The molecule has 2 aliphatic carbocycles. The molecule has 0 heterocycles. The van der Waals surface area contributed by atoms with Crippen LogP contribution in [0, 0.1) is 0 Å². The summed E-state index contributed by atoms with van der Waals surface area (Å²) in [5, 5.41) is 0. The Morgan fingerprint density at radius 2 is 2.00 bits per heavy atom. The third-order valence-corrected chi connectivity index (χ3v) is 3.20. The quantitative estimate of drug-likeness (QED) is 0.669. The summed E-state index contributed by atoms with van der Waals surface area (Å²) in [6, 6.07) is 8.75. The van der Waals surface area contributed by atoms with Gasteiger partial charge in [0.15, 0.2) is 0 Å². The highest BCUT2D eigenvalue weighted by Crippen LogP contribution is 2.33. The van der Waals surface area contributed by atoms with Crippen LogP contribution >= 0.6 is 0 Å². The topological polar surface area (TPSA) is 0 Å². The van der Waals surface area contributed by atoms with Gasteiger partial charge in [-0.05, 0) is 36.0 Å². The van der Waals surface area contributed by atoms with Gasteiger partial charge in [0.05, 0.1) is 0 Å². The zero-order chi connectivity index (χ0) is 10.1. The van der Waals surface area contributed by atoms with E-state index >= 15 is 0 Å². The molecule has 0 unspecified atom stereocenters. The maximum absolute atomic E-state index is 2.38. The molecule has 0 amide bonds. The average Bonchev–Trinajstić information content (AvgIpc) is 2.89. The molecule has 1 aromatic rings. The van der Waals surface area contributed by atoms with Gasteiger partial charge in [-0.1, -0.05) is 54.1 Å². The Bertz CT molecular complexity index is 473. The molecule has 0 spiro atoms. The monoisotopic (exact) mass is 194 g/mol. The van der Waals surface area contributed by atoms with Gasteiger partial charge < -0.3 is 0 Å². The molecule has 1 aromatic carbocycles. The SMILES string of the molecule is C1=CCC(CC2=CCc3ccccc32)=C1. The molecule has 15 heavy (non-hydrogen) atoms. The number of rotatable bonds is 2. The first-order valence-electron chi connectivity index (χ1n) is 5.55. The second kappa shape index (κ2) is 3.54. The van der Waals surface area contributed by atoms with Crippen molar-refractivity contribution < 1.29 is 0 Å². The molecule has 0 N–H and O–H groups in total. The Hall–Kier alpha value is -1.56. The minimum absolute atomic E-state index is 1.12. The molecule has 3 rings (SSSR count). The Kier molecular flexibility index (Phi) is 2.06. The fourth-order valence-electron chi connectivity index (χ4n) is 2.39. The maximum atomic E-state index is 2.38. The molecule has 0 nitrogen and oxygen atoms in total. The zero-order valence-electron chi connectivity index (χ0n) is 8.74. The van der Waals surface area contributed by atoms with Gasteiger partial charge in [-0.15, -0.1) is 0 Å². The van der Waals surface area contributed by atoms with E-state index in [-0.39, 0.29) is 0 Å². The van der Waals surface area contributed by atoms with E-state index in [1.54, 1.807) is 0 Å². The number of benzene rings is 1. The van der Waals surface area contributed by atoms with Crippen molar-refractivity contribution in [1.29, 1.82) is 0 Å². The van der Waals surface area contributed by atoms with Crippen molar-refractivity contribution in [3.05, 3.63) is 65.3 Å². The van der Waals surface area contributed by atoms with E-state index in [0.717, 1.165) is 19.3 Å². The lowest BCUT2D eigenvalue weighted by Crippen LogP contribution is -1.86. The van der Waals surface area contributed by atoms with Crippen molar-refractivity contribution in [2.24, 2.45) is 0 Å². The highest BCUT2D eigenvalue weighted by molar-refractivity contribution is 5.74. The van der Waals surface area contributed by atoms with Crippen molar-refractivity contribution in [2.75, 3.05) is 0 Å². The molecule has 0 atom stereocenters. The average molecular weight is 194 g/mol. The third kappa shape index (κ3) is 1.56. The fourth-order valence-corrected chi connectivity index (χ4v) is 2.39. The summed E-state index contributed by atoms with van der Waals surface area (Å²) < 4.78 is 0. The van der Waals surface area contributed by atoms with Gasteiger partial charge >= 0.3 is 0 Å². The molecular weight excluding hydrogens is 180 g/mol. The maximum Gasteiger partial charge on any atom is -0.00579 e. The van der Waals surface area contributed by atoms with Crippen LogP contribution in [0.1, 0.15) is 24.0 Å². The first kappa shape index (κ1) is 8.72. The molecule has 0 fully saturated rings. The van der Waals surface area contributed by atoms with E-state index in [9.17, 15) is 0 Å². The summed E-state index contributed by atoms with van der Waals surface area (Å²) in [5.74, 6) is 0. The molecule has 0 heteroatoms. The molecule has 74 valence electrons. The summed E-state index contributed by atoms with van der Waals surface area (Å²) in [5.41, 5.74) is 6.00. The van der Waals surface area contributed by atoms with Gasteiger partial charge in [-0.3, -0.25) is 0 Å². The van der Waals surface area contributed by atoms with Gasteiger partial charge in [0.2, 0.25) is 0 Å². The lowest BCUT2D eigenvalue weighted by atomic mass is 9.99. The largest absolute Gasteiger partial charge is 0.0804 e. The molecule has 2 aliphatic rings. The molecule has 0 aromatic heterocycles. The van der Waals surface area contributed by atoms with Crippen molar-refractivity contribution in [3.8, 4) is 0 Å². The van der Waals surface area contributed by atoms with Crippen LogP contribution in [0.5, 0.6) is 0 Å². The zero-order valence-corrected chi connectivity index (χ0v) is 8.74. The van der Waals surface area contributed by atoms with Gasteiger partial charge in [-0.25, -0.2) is 0 Å². The molecule has 0 radical (unpaired) electrons. The van der Waals surface area contributed by atoms with Gasteiger partial charge in [0.1, 0.15) is 0 Å². The Morgan fingerprint density at radius 1 is 1.07 bits per heavy atom. The van der Waals surface area contributed by atoms with Crippen LogP contribution < -0.4 is 0 Å². The van der Waals surface area contributed by atoms with Crippen LogP contribution in [0.3, 0.4) is 0 Å². The summed E-state index contributed by atoms with van der Waals surface area (Å²) in [7, 11) is 0. The van der Waals surface area contributed by atoms with Crippen LogP contribution in [-0.2, 0) is 6.42 Å². The van der Waals surface area contributed by atoms with E-state index in [1.165, 1.54) is 22.3 Å². The number of hydrogen-bond acceptors (Lipinski definition) is 0. The van der Waals surface area contributed by atoms with Gasteiger partial charge in [0, 0.05) is 0 Å². The molecule has 0 aliphatic heterocycles. The predicted molar refractivity (Wildman–Crippen MR) is 64.6 cm³/mol. The number of fused-ring (bicyclic) bond motifs is 1. The van der Waals surface area contributed by atoms with E-state index in [4.69, 9.17) is 0 Å². The standard InChI is InChI=1S/C15H14/c1-2-6-12(5-1)11-14-10-9-13-7-3-4-8-15(13)14/h1-5,7-8,10H,6,9,11H2. The van der Waals surface area contributed by atoms with E-state index in [2.05, 4.69) is 48.6 Å². The Balaban J connectivity index is 1.84. The Labute approximate surface area is 90.6 Å². The van der Waals surface area contributed by atoms with Crippen LogP contribution in [-0.4, -0.2) is 0 Å². The van der Waals surface area contributed by atoms with Crippen LogP contribution in [0.15, 0.2) is 54.1 Å². The van der Waals surface area contributed by atoms with Crippen molar-refractivity contribution >= 4 is 5.57 Å². The van der Waals surface area contributed by atoms with Crippen molar-refractivity contribution in [2.45, 2.75) is 19.3 Å². The van der Waals surface area contributed by atoms with Crippen molar-refractivity contribution in [1.82, 2.24) is 0 Å². The molecule has 0 saturated heterocycles. The minimum atomic E-state index is 1.12. The van der Waals surface area contributed by atoms with Crippen molar-refractivity contribution in [3.63, 3.8) is 0 Å². The van der Waals surface area contributed by atoms with Crippen LogP contribution in [0.25, 0.3) is 5.57 Å². The molecule has 0 bridgehead atoms. The lowest BCUT2D eigenvalue weighted by Gasteiger charge is -2.06. The normalized spacial score (nSPS) is 17.6. The van der Waals surface area contributed by atoms with E-state index in [0.29, 0.717) is 0 Å². The highest BCUT2D eigenvalue weighted by Gasteiger charge is 2.14. The summed E-state index contributed by atoms with van der Waals surface area (Å²) in [4.78, 5) is 0. The predicted octanol–water partition coefficient (Wildman–Crippen LogP) is 3.90. The third-order valence-electron chi connectivity index (χ3n) is 3.20. The first-order chi connectivity index (χ1) is 7.43. The second-order valence-corrected chi connectivity index (χ2v) is 4.22. The smallest absolute Gasteiger partial charge is 0.00579 e. The molecular formula is C15H14. The number of hydrogen-bond donors (Lipinski definition) is 0. The Morgan fingerprint density at radius 3 is 2.87 bits per heavy atom. The first-order valence-corrected chi connectivity index (χ1v) is 5.55. The van der Waals surface area contributed by atoms with E-state index in [1.807, 2.05) is 0 Å². The van der Waals surface area contributed by atoms with E-state index < -0.39 is 0 Å². The summed E-state index contributed by atoms with van der Waals surface area (Å²) >= 11 is 0. The van der Waals surface area contributed by atoms with Crippen LogP contribution in [0.4, 0.5) is 0 Å². The summed E-state index contributed by atoms with van der Waals surface area (Å²) in [6.07, 6.45) is 12.4. The number of allylic oxidation sites excluding steroid dienone is 6. The minimum Gasteiger partial charge on any atom is -0.0804 e. The van der Waals surface area contributed by atoms with Crippen LogP contribution in [0.2, 0.25) is 0 Å². The van der Waals surface area contributed by atoms with Gasteiger partial charge in [0.25, 0.3) is 0 Å². The summed E-state index contributed by atoms with van der Waals surface area (Å²) in [6.45, 7) is 0. The fraction of sp³-hybridized carbons (Fsp3) is 0.200.